The van der Waals surface area contributed by atoms with Gasteiger partial charge in [-0.25, -0.2) is 4.39 Å². The summed E-state index contributed by atoms with van der Waals surface area (Å²) in [5.74, 6) is -0.742. The van der Waals surface area contributed by atoms with E-state index < -0.39 is 11.4 Å². The molecule has 4 rings (SSSR count). The van der Waals surface area contributed by atoms with E-state index in [-0.39, 0.29) is 5.56 Å². The highest BCUT2D eigenvalue weighted by atomic mass is 19.1. The predicted molar refractivity (Wildman–Crippen MR) is 89.1 cm³/mol. The number of H-pyrrole nitrogens is 2. The molecule has 0 unspecified atom stereocenters. The van der Waals surface area contributed by atoms with E-state index in [1.54, 1.807) is 24.3 Å². The maximum absolute atomic E-state index is 12.7. The fourth-order valence-electron chi connectivity index (χ4n) is 2.22. The van der Waals surface area contributed by atoms with Crippen LogP contribution in [0, 0.1) is 5.82 Å². The second-order valence-electron chi connectivity index (χ2n) is 4.94. The van der Waals surface area contributed by atoms with Crippen molar-refractivity contribution in [1.82, 2.24) is 9.97 Å². The molecule has 0 aliphatic carbocycles. The fourth-order valence-corrected chi connectivity index (χ4v) is 2.22. The molecule has 0 fully saturated rings. The van der Waals surface area contributed by atoms with Crippen LogP contribution in [0.15, 0.2) is 76.3 Å². The molecule has 0 bridgehead atoms. The third kappa shape index (κ3) is 3.35. The SMILES string of the molecule is O=c1[nH]c2ccccc2cc1F.O=c1ccc2ccccc2[nH]1. The summed E-state index contributed by atoms with van der Waals surface area (Å²) >= 11 is 0. The maximum Gasteiger partial charge on any atom is 0.284 e. The van der Waals surface area contributed by atoms with Gasteiger partial charge in [-0.2, -0.15) is 0 Å². The number of para-hydroxylation sites is 2. The first kappa shape index (κ1) is 14.7. The van der Waals surface area contributed by atoms with Crippen molar-refractivity contribution in [2.45, 2.75) is 0 Å². The van der Waals surface area contributed by atoms with Crippen LogP contribution >= 0.6 is 0 Å². The Balaban J connectivity index is 0.000000136. The van der Waals surface area contributed by atoms with E-state index in [9.17, 15) is 14.0 Å². The van der Waals surface area contributed by atoms with Gasteiger partial charge in [0.05, 0.1) is 0 Å². The second kappa shape index (κ2) is 6.27. The average molecular weight is 308 g/mol. The lowest BCUT2D eigenvalue weighted by molar-refractivity contribution is 0.612. The molecule has 0 saturated heterocycles. The van der Waals surface area contributed by atoms with E-state index in [1.165, 1.54) is 12.1 Å². The fraction of sp³-hybridized carbons (Fsp3) is 0. The van der Waals surface area contributed by atoms with E-state index in [4.69, 9.17) is 0 Å². The van der Waals surface area contributed by atoms with Gasteiger partial charge in [-0.15, -0.1) is 0 Å². The van der Waals surface area contributed by atoms with Gasteiger partial charge in [0.25, 0.3) is 5.56 Å². The first-order chi connectivity index (χ1) is 11.1. The van der Waals surface area contributed by atoms with Crippen LogP contribution < -0.4 is 11.1 Å². The predicted octanol–water partition coefficient (Wildman–Crippen LogP) is 3.20. The van der Waals surface area contributed by atoms with E-state index >= 15 is 0 Å². The number of hydrogen-bond acceptors (Lipinski definition) is 2. The summed E-state index contributed by atoms with van der Waals surface area (Å²) in [6.45, 7) is 0. The minimum absolute atomic E-state index is 0.0521. The van der Waals surface area contributed by atoms with Crippen LogP contribution in [0.2, 0.25) is 0 Å². The summed E-state index contributed by atoms with van der Waals surface area (Å²) in [4.78, 5) is 26.8. The number of benzene rings is 2. The largest absolute Gasteiger partial charge is 0.322 e. The highest BCUT2D eigenvalue weighted by Crippen LogP contribution is 2.08. The quantitative estimate of drug-likeness (QED) is 0.524. The number of halogens is 1. The maximum atomic E-state index is 12.7. The molecule has 4 nitrogen and oxygen atoms in total. The Labute approximate surface area is 130 Å². The molecule has 0 saturated carbocycles. The number of aromatic nitrogens is 2. The lowest BCUT2D eigenvalue weighted by atomic mass is 10.2. The third-order valence-corrected chi connectivity index (χ3v) is 3.34. The monoisotopic (exact) mass is 308 g/mol. The molecule has 0 radical (unpaired) electrons. The second-order valence-corrected chi connectivity index (χ2v) is 4.94. The molecule has 0 aliphatic rings. The summed E-state index contributed by atoms with van der Waals surface area (Å²) in [7, 11) is 0. The van der Waals surface area contributed by atoms with Crippen LogP contribution in [0.1, 0.15) is 0 Å². The number of rotatable bonds is 0. The van der Waals surface area contributed by atoms with Crippen molar-refractivity contribution in [3.63, 3.8) is 0 Å². The molecule has 114 valence electrons. The van der Waals surface area contributed by atoms with E-state index in [0.717, 1.165) is 10.9 Å². The van der Waals surface area contributed by atoms with Crippen molar-refractivity contribution < 1.29 is 4.39 Å². The van der Waals surface area contributed by atoms with Gasteiger partial charge in [0.15, 0.2) is 5.82 Å². The Bertz CT molecular complexity index is 1080. The Morgan fingerprint density at radius 3 is 2.04 bits per heavy atom. The van der Waals surface area contributed by atoms with Crippen molar-refractivity contribution >= 4 is 21.8 Å². The van der Waals surface area contributed by atoms with Crippen molar-refractivity contribution in [3.05, 3.63) is 93.3 Å². The minimum atomic E-state index is -0.742. The molecule has 4 aromatic rings. The van der Waals surface area contributed by atoms with Gasteiger partial charge in [0.2, 0.25) is 5.56 Å². The summed E-state index contributed by atoms with van der Waals surface area (Å²) in [5.41, 5.74) is 0.821. The molecular formula is C18H13FN2O2. The molecule has 23 heavy (non-hydrogen) atoms. The van der Waals surface area contributed by atoms with Gasteiger partial charge in [-0.3, -0.25) is 9.59 Å². The third-order valence-electron chi connectivity index (χ3n) is 3.34. The molecule has 0 atom stereocenters. The lowest BCUT2D eigenvalue weighted by Crippen LogP contribution is -2.09. The minimum Gasteiger partial charge on any atom is -0.322 e. The summed E-state index contributed by atoms with van der Waals surface area (Å²) in [6.07, 6.45) is 0. The van der Waals surface area contributed by atoms with E-state index in [1.807, 2.05) is 30.3 Å². The van der Waals surface area contributed by atoms with Crippen LogP contribution in [0.3, 0.4) is 0 Å². The average Bonchev–Trinajstić information content (AvgIpc) is 2.56. The van der Waals surface area contributed by atoms with Crippen LogP contribution in [0.25, 0.3) is 21.8 Å². The van der Waals surface area contributed by atoms with Gasteiger partial charge in [0.1, 0.15) is 0 Å². The van der Waals surface area contributed by atoms with Gasteiger partial charge in [-0.05, 0) is 29.7 Å². The van der Waals surface area contributed by atoms with Crippen LogP contribution in [0.5, 0.6) is 0 Å². The van der Waals surface area contributed by atoms with Gasteiger partial charge in [0, 0.05) is 22.5 Å². The van der Waals surface area contributed by atoms with Crippen molar-refractivity contribution in [1.29, 1.82) is 0 Å². The Hall–Kier alpha value is -3.21. The molecule has 2 heterocycles. The van der Waals surface area contributed by atoms with Crippen LogP contribution in [0.4, 0.5) is 4.39 Å². The van der Waals surface area contributed by atoms with Crippen LogP contribution in [-0.2, 0) is 0 Å². The topological polar surface area (TPSA) is 65.7 Å². The molecule has 5 heteroatoms. The zero-order chi connectivity index (χ0) is 16.2. The Morgan fingerprint density at radius 1 is 0.696 bits per heavy atom. The summed E-state index contributed by atoms with van der Waals surface area (Å²) in [6, 6.07) is 19.3. The first-order valence-electron chi connectivity index (χ1n) is 6.99. The smallest absolute Gasteiger partial charge is 0.284 e. The Kier molecular flexibility index (Phi) is 4.01. The first-order valence-corrected chi connectivity index (χ1v) is 6.99. The van der Waals surface area contributed by atoms with E-state index in [2.05, 4.69) is 9.97 Å². The molecule has 0 amide bonds. The molecule has 2 aromatic heterocycles. The zero-order valence-corrected chi connectivity index (χ0v) is 12.0. The van der Waals surface area contributed by atoms with Crippen molar-refractivity contribution in [3.8, 4) is 0 Å². The Morgan fingerprint density at radius 2 is 1.30 bits per heavy atom. The number of aromatic amines is 2. The van der Waals surface area contributed by atoms with E-state index in [0.29, 0.717) is 10.9 Å². The molecule has 2 N–H and O–H groups in total. The lowest BCUT2D eigenvalue weighted by Gasteiger charge is -1.95. The normalized spacial score (nSPS) is 10.3. The summed E-state index contributed by atoms with van der Waals surface area (Å²) < 4.78 is 12.7. The highest BCUT2D eigenvalue weighted by Gasteiger charge is 1.99. The van der Waals surface area contributed by atoms with Crippen molar-refractivity contribution in [2.75, 3.05) is 0 Å². The standard InChI is InChI=1S/C9H6FNO.C9H7NO/c10-7-5-6-3-1-2-4-8(6)11-9(7)12;11-9-6-5-7-3-1-2-4-8(7)10-9/h1-5H,(H,11,12);1-6H,(H,10,11). The molecular weight excluding hydrogens is 295 g/mol. The molecule has 0 spiro atoms. The number of hydrogen-bond donors (Lipinski definition) is 2. The van der Waals surface area contributed by atoms with Crippen molar-refractivity contribution in [2.24, 2.45) is 0 Å². The number of fused-ring (bicyclic) bond motifs is 2. The molecule has 2 aromatic carbocycles. The molecule has 0 aliphatic heterocycles. The number of nitrogens with one attached hydrogen (secondary N) is 2. The van der Waals surface area contributed by atoms with Gasteiger partial charge >= 0.3 is 0 Å². The zero-order valence-electron chi connectivity index (χ0n) is 12.0. The van der Waals surface area contributed by atoms with Crippen LogP contribution in [-0.4, -0.2) is 9.97 Å². The van der Waals surface area contributed by atoms with Gasteiger partial charge < -0.3 is 9.97 Å². The highest BCUT2D eigenvalue weighted by molar-refractivity contribution is 5.78. The number of pyridine rings is 2. The summed E-state index contributed by atoms with van der Waals surface area (Å²) in [5, 5.41) is 1.77. The van der Waals surface area contributed by atoms with Gasteiger partial charge in [-0.1, -0.05) is 36.4 Å².